The molecule has 0 bridgehead atoms. The predicted molar refractivity (Wildman–Crippen MR) is 104 cm³/mol. The Balaban J connectivity index is 2.32. The highest BCUT2D eigenvalue weighted by Gasteiger charge is 2.18. The fourth-order valence-electron chi connectivity index (χ4n) is 2.42. The molecule has 0 amide bonds. The van der Waals surface area contributed by atoms with E-state index in [4.69, 9.17) is 18.9 Å². The van der Waals surface area contributed by atoms with Crippen molar-refractivity contribution in [1.82, 2.24) is 0 Å². The number of ether oxygens (including phenoxy) is 4. The van der Waals surface area contributed by atoms with Crippen LogP contribution in [0.5, 0.6) is 23.0 Å². The number of methoxy groups -OCH3 is 1. The van der Waals surface area contributed by atoms with Gasteiger partial charge in [-0.15, -0.1) is 0 Å². The Morgan fingerprint density at radius 1 is 0.778 bits per heavy atom. The van der Waals surface area contributed by atoms with Crippen LogP contribution in [0.1, 0.15) is 20.8 Å². The first kappa shape index (κ1) is 20.7. The van der Waals surface area contributed by atoms with Gasteiger partial charge in [-0.3, -0.25) is 4.72 Å². The van der Waals surface area contributed by atoms with Crippen LogP contribution in [0.25, 0.3) is 0 Å². The summed E-state index contributed by atoms with van der Waals surface area (Å²) in [5.41, 5.74) is 0.363. The van der Waals surface area contributed by atoms with Crippen molar-refractivity contribution in [2.24, 2.45) is 0 Å². The van der Waals surface area contributed by atoms with Gasteiger partial charge in [0.25, 0.3) is 10.0 Å². The maximum atomic E-state index is 12.8. The van der Waals surface area contributed by atoms with Crippen LogP contribution < -0.4 is 23.7 Å². The molecule has 0 aliphatic rings. The minimum Gasteiger partial charge on any atom is -0.493 e. The normalized spacial score (nSPS) is 11.0. The molecule has 2 aromatic rings. The molecule has 27 heavy (non-hydrogen) atoms. The fourth-order valence-corrected chi connectivity index (χ4v) is 3.48. The lowest BCUT2D eigenvalue weighted by Gasteiger charge is -2.15. The average Bonchev–Trinajstić information content (AvgIpc) is 2.64. The van der Waals surface area contributed by atoms with Gasteiger partial charge in [0.1, 0.15) is 0 Å². The number of sulfonamides is 1. The van der Waals surface area contributed by atoms with Crippen molar-refractivity contribution in [2.75, 3.05) is 31.7 Å². The zero-order valence-electron chi connectivity index (χ0n) is 15.9. The molecule has 0 unspecified atom stereocenters. The fraction of sp³-hybridized carbons (Fsp3) is 0.368. The molecule has 0 fully saturated rings. The molecule has 0 heterocycles. The second-order valence-corrected chi connectivity index (χ2v) is 7.06. The van der Waals surface area contributed by atoms with Crippen LogP contribution in [0.4, 0.5) is 5.69 Å². The first-order chi connectivity index (χ1) is 12.9. The van der Waals surface area contributed by atoms with Crippen molar-refractivity contribution >= 4 is 15.7 Å². The first-order valence-corrected chi connectivity index (χ1v) is 10.2. The van der Waals surface area contributed by atoms with Gasteiger partial charge in [-0.1, -0.05) is 0 Å². The van der Waals surface area contributed by atoms with E-state index in [1.54, 1.807) is 24.3 Å². The van der Waals surface area contributed by atoms with Gasteiger partial charge in [-0.2, -0.15) is 0 Å². The number of benzene rings is 2. The Bertz CT molecular complexity index is 866. The predicted octanol–water partition coefficient (Wildman–Crippen LogP) is 3.69. The van der Waals surface area contributed by atoms with E-state index in [1.807, 2.05) is 20.8 Å². The SMILES string of the molecule is CCOc1ccc(NS(=O)(=O)c2ccc(OCC)c(OCC)c2)cc1OC. The highest BCUT2D eigenvalue weighted by Crippen LogP contribution is 2.33. The molecule has 8 heteroatoms. The van der Waals surface area contributed by atoms with Crippen molar-refractivity contribution in [1.29, 1.82) is 0 Å². The van der Waals surface area contributed by atoms with E-state index in [9.17, 15) is 8.42 Å². The van der Waals surface area contributed by atoms with Gasteiger partial charge < -0.3 is 18.9 Å². The molecule has 148 valence electrons. The van der Waals surface area contributed by atoms with E-state index in [0.29, 0.717) is 48.5 Å². The van der Waals surface area contributed by atoms with Crippen LogP contribution in [-0.2, 0) is 10.0 Å². The smallest absolute Gasteiger partial charge is 0.262 e. The van der Waals surface area contributed by atoms with E-state index >= 15 is 0 Å². The summed E-state index contributed by atoms with van der Waals surface area (Å²) in [6.45, 7) is 6.86. The maximum Gasteiger partial charge on any atom is 0.262 e. The molecule has 7 nitrogen and oxygen atoms in total. The number of nitrogens with one attached hydrogen (secondary N) is 1. The van der Waals surface area contributed by atoms with Crippen LogP contribution in [0.3, 0.4) is 0 Å². The summed E-state index contributed by atoms with van der Waals surface area (Å²) in [7, 11) is -2.32. The van der Waals surface area contributed by atoms with Gasteiger partial charge in [0.05, 0.1) is 37.5 Å². The van der Waals surface area contributed by atoms with E-state index in [1.165, 1.54) is 19.2 Å². The number of rotatable bonds is 10. The van der Waals surface area contributed by atoms with Crippen molar-refractivity contribution < 1.29 is 27.4 Å². The van der Waals surface area contributed by atoms with Crippen molar-refractivity contribution in [3.63, 3.8) is 0 Å². The zero-order valence-corrected chi connectivity index (χ0v) is 16.8. The molecule has 0 aliphatic heterocycles. The van der Waals surface area contributed by atoms with Crippen molar-refractivity contribution in [3.8, 4) is 23.0 Å². The van der Waals surface area contributed by atoms with Crippen LogP contribution >= 0.6 is 0 Å². The van der Waals surface area contributed by atoms with E-state index in [2.05, 4.69) is 4.72 Å². The summed E-state index contributed by atoms with van der Waals surface area (Å²) in [5.74, 6) is 1.87. The molecule has 0 saturated carbocycles. The number of hydrogen-bond acceptors (Lipinski definition) is 6. The molecule has 2 aromatic carbocycles. The van der Waals surface area contributed by atoms with Crippen LogP contribution in [0.2, 0.25) is 0 Å². The van der Waals surface area contributed by atoms with Crippen LogP contribution in [0, 0.1) is 0 Å². The van der Waals surface area contributed by atoms with Crippen LogP contribution in [-0.4, -0.2) is 35.3 Å². The third-order valence-corrected chi connectivity index (χ3v) is 4.92. The Morgan fingerprint density at radius 3 is 1.93 bits per heavy atom. The molecule has 0 spiro atoms. The lowest BCUT2D eigenvalue weighted by Crippen LogP contribution is -2.13. The maximum absolute atomic E-state index is 12.8. The van der Waals surface area contributed by atoms with Crippen molar-refractivity contribution in [3.05, 3.63) is 36.4 Å². The van der Waals surface area contributed by atoms with E-state index in [0.717, 1.165) is 0 Å². The monoisotopic (exact) mass is 395 g/mol. The topological polar surface area (TPSA) is 83.1 Å². The summed E-state index contributed by atoms with van der Waals surface area (Å²) in [5, 5.41) is 0. The van der Waals surface area contributed by atoms with Crippen LogP contribution in [0.15, 0.2) is 41.3 Å². The molecule has 2 rings (SSSR count). The standard InChI is InChI=1S/C19H25NO6S/c1-5-24-16-10-8-14(12-18(16)23-4)20-27(21,22)15-9-11-17(25-6-2)19(13-15)26-7-3/h8-13,20H,5-7H2,1-4H3. The highest BCUT2D eigenvalue weighted by molar-refractivity contribution is 7.92. The molecule has 0 aliphatic carbocycles. The molecule has 0 atom stereocenters. The third-order valence-electron chi connectivity index (χ3n) is 3.54. The summed E-state index contributed by atoms with van der Waals surface area (Å²) in [4.78, 5) is 0.0715. The average molecular weight is 395 g/mol. The molecular weight excluding hydrogens is 370 g/mol. The molecular formula is C19H25NO6S. The lowest BCUT2D eigenvalue weighted by molar-refractivity contribution is 0.287. The van der Waals surface area contributed by atoms with Gasteiger partial charge in [0.15, 0.2) is 23.0 Å². The molecule has 0 aromatic heterocycles. The second-order valence-electron chi connectivity index (χ2n) is 5.38. The number of anilines is 1. The van der Waals surface area contributed by atoms with Gasteiger partial charge in [0.2, 0.25) is 0 Å². The Hall–Kier alpha value is -2.61. The second kappa shape index (κ2) is 9.36. The van der Waals surface area contributed by atoms with E-state index < -0.39 is 10.0 Å². The largest absolute Gasteiger partial charge is 0.493 e. The van der Waals surface area contributed by atoms with Crippen molar-refractivity contribution in [2.45, 2.75) is 25.7 Å². The summed E-state index contributed by atoms with van der Waals surface area (Å²) in [6.07, 6.45) is 0. The Kier molecular flexibility index (Phi) is 7.18. The highest BCUT2D eigenvalue weighted by atomic mass is 32.2. The van der Waals surface area contributed by atoms with Gasteiger partial charge in [-0.05, 0) is 45.0 Å². The Labute approximate surface area is 160 Å². The summed E-state index contributed by atoms with van der Waals surface area (Å²) >= 11 is 0. The minimum atomic E-state index is -3.82. The quantitative estimate of drug-likeness (QED) is 0.661. The third kappa shape index (κ3) is 5.19. The number of hydrogen-bond donors (Lipinski definition) is 1. The summed E-state index contributed by atoms with van der Waals surface area (Å²) < 4.78 is 49.7. The summed E-state index contributed by atoms with van der Waals surface area (Å²) in [6, 6.07) is 9.35. The molecule has 0 radical (unpaired) electrons. The zero-order chi connectivity index (χ0) is 19.9. The lowest BCUT2D eigenvalue weighted by atomic mass is 10.3. The minimum absolute atomic E-state index is 0.0715. The van der Waals surface area contributed by atoms with Gasteiger partial charge >= 0.3 is 0 Å². The molecule has 0 saturated heterocycles. The van der Waals surface area contributed by atoms with E-state index in [-0.39, 0.29) is 4.90 Å². The van der Waals surface area contributed by atoms with Gasteiger partial charge in [0, 0.05) is 12.1 Å². The van der Waals surface area contributed by atoms with Gasteiger partial charge in [-0.25, -0.2) is 8.42 Å². The first-order valence-electron chi connectivity index (χ1n) is 8.68. The Morgan fingerprint density at radius 2 is 1.33 bits per heavy atom. The molecule has 1 N–H and O–H groups in total.